The standard InChI is InChI=1S/C6H12N2O5/c1-2-3-4-6(5-7(9)10)13-8(11)12/h6H,2-5H2,1H3. The maximum absolute atomic E-state index is 10.1. The van der Waals surface area contributed by atoms with Crippen molar-refractivity contribution >= 4 is 0 Å². The summed E-state index contributed by atoms with van der Waals surface area (Å²) < 4.78 is 0. The molecule has 7 nitrogen and oxygen atoms in total. The average molecular weight is 192 g/mol. The lowest BCUT2D eigenvalue weighted by Crippen LogP contribution is -2.25. The van der Waals surface area contributed by atoms with Crippen LogP contribution in [0.5, 0.6) is 0 Å². The first-order valence-corrected chi connectivity index (χ1v) is 3.99. The Morgan fingerprint density at radius 3 is 2.38 bits per heavy atom. The van der Waals surface area contributed by atoms with Crippen molar-refractivity contribution in [2.24, 2.45) is 0 Å². The molecule has 0 amide bonds. The van der Waals surface area contributed by atoms with Crippen LogP contribution in [0.15, 0.2) is 0 Å². The number of unbranched alkanes of at least 4 members (excludes halogenated alkanes) is 1. The highest BCUT2D eigenvalue weighted by molar-refractivity contribution is 4.53. The molecule has 0 aliphatic heterocycles. The third-order valence-electron chi connectivity index (χ3n) is 1.47. The zero-order valence-corrected chi connectivity index (χ0v) is 7.34. The first-order chi connectivity index (χ1) is 6.06. The van der Waals surface area contributed by atoms with Gasteiger partial charge in [0.05, 0.1) is 0 Å². The molecular formula is C6H12N2O5. The van der Waals surface area contributed by atoms with Crippen LogP contribution in [0.3, 0.4) is 0 Å². The smallest absolute Gasteiger partial charge is 0.295 e. The summed E-state index contributed by atoms with van der Waals surface area (Å²) in [5, 5.41) is 19.0. The molecule has 13 heavy (non-hydrogen) atoms. The molecule has 0 saturated heterocycles. The number of nitro groups is 1. The van der Waals surface area contributed by atoms with Gasteiger partial charge in [0.25, 0.3) is 5.09 Å². The van der Waals surface area contributed by atoms with E-state index in [1.807, 2.05) is 6.92 Å². The van der Waals surface area contributed by atoms with Crippen molar-refractivity contribution in [2.45, 2.75) is 32.3 Å². The van der Waals surface area contributed by atoms with Crippen molar-refractivity contribution in [1.82, 2.24) is 0 Å². The van der Waals surface area contributed by atoms with Crippen molar-refractivity contribution < 1.29 is 14.8 Å². The zero-order valence-electron chi connectivity index (χ0n) is 7.34. The van der Waals surface area contributed by atoms with Crippen LogP contribution in [0.2, 0.25) is 0 Å². The monoisotopic (exact) mass is 192 g/mol. The maximum atomic E-state index is 10.1. The minimum absolute atomic E-state index is 0.346. The number of hydrogen-bond acceptors (Lipinski definition) is 5. The quantitative estimate of drug-likeness (QED) is 0.443. The molecule has 0 saturated carbocycles. The highest BCUT2D eigenvalue weighted by atomic mass is 17.0. The third-order valence-corrected chi connectivity index (χ3v) is 1.47. The second-order valence-electron chi connectivity index (χ2n) is 2.61. The van der Waals surface area contributed by atoms with Gasteiger partial charge in [-0.25, -0.2) is 0 Å². The van der Waals surface area contributed by atoms with Crippen LogP contribution in [0, 0.1) is 20.2 Å². The molecule has 0 N–H and O–H groups in total. The average Bonchev–Trinajstić information content (AvgIpc) is 1.98. The summed E-state index contributed by atoms with van der Waals surface area (Å²) in [6.07, 6.45) is 0.949. The van der Waals surface area contributed by atoms with Crippen molar-refractivity contribution in [3.63, 3.8) is 0 Å². The summed E-state index contributed by atoms with van der Waals surface area (Å²) in [5.41, 5.74) is 0. The molecule has 0 aliphatic carbocycles. The van der Waals surface area contributed by atoms with Gasteiger partial charge in [-0.3, -0.25) is 10.1 Å². The normalized spacial score (nSPS) is 12.1. The molecule has 0 aromatic heterocycles. The lowest BCUT2D eigenvalue weighted by molar-refractivity contribution is -0.774. The van der Waals surface area contributed by atoms with Gasteiger partial charge >= 0.3 is 0 Å². The summed E-state index contributed by atoms with van der Waals surface area (Å²) in [6, 6.07) is 0. The molecule has 0 aromatic carbocycles. The fourth-order valence-corrected chi connectivity index (χ4v) is 0.897. The van der Waals surface area contributed by atoms with Gasteiger partial charge in [-0.05, 0) is 6.42 Å². The van der Waals surface area contributed by atoms with E-state index in [1.165, 1.54) is 0 Å². The van der Waals surface area contributed by atoms with Gasteiger partial charge in [-0.1, -0.05) is 19.8 Å². The van der Waals surface area contributed by atoms with Crippen molar-refractivity contribution in [2.75, 3.05) is 6.54 Å². The van der Waals surface area contributed by atoms with Crippen LogP contribution in [0.25, 0.3) is 0 Å². The zero-order chi connectivity index (χ0) is 10.3. The maximum Gasteiger partial charge on any atom is 0.295 e. The molecule has 76 valence electrons. The molecule has 0 rings (SSSR count). The molecule has 7 heteroatoms. The van der Waals surface area contributed by atoms with Crippen LogP contribution >= 0.6 is 0 Å². The predicted octanol–water partition coefficient (Wildman–Crippen LogP) is 1.03. The van der Waals surface area contributed by atoms with Crippen LogP contribution in [-0.4, -0.2) is 22.7 Å². The Balaban J connectivity index is 3.87. The molecule has 0 fully saturated rings. The van der Waals surface area contributed by atoms with Gasteiger partial charge in [-0.15, -0.1) is 10.1 Å². The Bertz CT molecular complexity index is 168. The van der Waals surface area contributed by atoms with Crippen molar-refractivity contribution in [1.29, 1.82) is 0 Å². The van der Waals surface area contributed by atoms with E-state index in [-0.39, 0.29) is 0 Å². The summed E-state index contributed by atoms with van der Waals surface area (Å²) >= 11 is 0. The minimum Gasteiger partial charge on any atom is -0.304 e. The fourth-order valence-electron chi connectivity index (χ4n) is 0.897. The topological polar surface area (TPSA) is 95.5 Å². The second kappa shape index (κ2) is 6.15. The Hall–Kier alpha value is -1.40. The molecule has 0 heterocycles. The van der Waals surface area contributed by atoms with Gasteiger partial charge in [0.1, 0.15) is 0 Å². The van der Waals surface area contributed by atoms with E-state index in [1.54, 1.807) is 0 Å². The predicted molar refractivity (Wildman–Crippen MR) is 43.3 cm³/mol. The first kappa shape index (κ1) is 11.6. The first-order valence-electron chi connectivity index (χ1n) is 3.99. The SMILES string of the molecule is CCCCC(C[N+](=O)[O-])O[N+](=O)[O-]. The van der Waals surface area contributed by atoms with Crippen LogP contribution in [-0.2, 0) is 4.84 Å². The highest BCUT2D eigenvalue weighted by Gasteiger charge is 2.18. The summed E-state index contributed by atoms with van der Waals surface area (Å²) in [7, 11) is 0. The van der Waals surface area contributed by atoms with E-state index in [0.29, 0.717) is 12.8 Å². The van der Waals surface area contributed by atoms with Gasteiger partial charge < -0.3 is 4.84 Å². The number of nitrogens with zero attached hydrogens (tertiary/aromatic N) is 2. The lowest BCUT2D eigenvalue weighted by Gasteiger charge is -2.08. The molecule has 0 radical (unpaired) electrons. The van der Waals surface area contributed by atoms with E-state index in [0.717, 1.165) is 6.42 Å². The fraction of sp³-hybridized carbons (Fsp3) is 1.00. The van der Waals surface area contributed by atoms with E-state index in [4.69, 9.17) is 0 Å². The van der Waals surface area contributed by atoms with Gasteiger partial charge in [0, 0.05) is 4.92 Å². The summed E-state index contributed by atoms with van der Waals surface area (Å²) in [4.78, 5) is 23.5. The minimum atomic E-state index is -0.982. The molecule has 1 unspecified atom stereocenters. The van der Waals surface area contributed by atoms with Gasteiger partial charge in [0.15, 0.2) is 6.10 Å². The van der Waals surface area contributed by atoms with Crippen LogP contribution in [0.1, 0.15) is 26.2 Å². The molecule has 1 atom stereocenters. The number of hydrogen-bond donors (Lipinski definition) is 0. The van der Waals surface area contributed by atoms with Crippen LogP contribution in [0.4, 0.5) is 0 Å². The number of rotatable bonds is 7. The van der Waals surface area contributed by atoms with Gasteiger partial charge in [0.2, 0.25) is 6.54 Å². The Kier molecular flexibility index (Phi) is 5.49. The Labute approximate surface area is 74.9 Å². The second-order valence-corrected chi connectivity index (χ2v) is 2.61. The third kappa shape index (κ3) is 6.98. The Morgan fingerprint density at radius 1 is 1.38 bits per heavy atom. The highest BCUT2D eigenvalue weighted by Crippen LogP contribution is 2.05. The Morgan fingerprint density at radius 2 is 2.00 bits per heavy atom. The van der Waals surface area contributed by atoms with Crippen molar-refractivity contribution in [3.8, 4) is 0 Å². The molecule has 0 aliphatic rings. The van der Waals surface area contributed by atoms with E-state index in [2.05, 4.69) is 4.84 Å². The largest absolute Gasteiger partial charge is 0.304 e. The molecule has 0 bridgehead atoms. The van der Waals surface area contributed by atoms with E-state index in [9.17, 15) is 20.2 Å². The lowest BCUT2D eigenvalue weighted by atomic mass is 10.2. The van der Waals surface area contributed by atoms with Gasteiger partial charge in [-0.2, -0.15) is 0 Å². The van der Waals surface area contributed by atoms with E-state index < -0.39 is 22.7 Å². The summed E-state index contributed by atoms with van der Waals surface area (Å²) in [5.74, 6) is 0. The molecular weight excluding hydrogens is 180 g/mol. The van der Waals surface area contributed by atoms with Crippen molar-refractivity contribution in [3.05, 3.63) is 20.2 Å². The summed E-state index contributed by atoms with van der Waals surface area (Å²) in [6.45, 7) is 1.39. The van der Waals surface area contributed by atoms with E-state index >= 15 is 0 Å². The molecule has 0 spiro atoms. The molecule has 0 aromatic rings. The van der Waals surface area contributed by atoms with Crippen LogP contribution < -0.4 is 0 Å².